The van der Waals surface area contributed by atoms with Gasteiger partial charge in [0.2, 0.25) is 0 Å². The molecule has 0 saturated carbocycles. The minimum absolute atomic E-state index is 0.178. The van der Waals surface area contributed by atoms with Gasteiger partial charge in [0, 0.05) is 12.8 Å². The van der Waals surface area contributed by atoms with Crippen LogP contribution in [0.5, 0.6) is 0 Å². The average molecular weight is 1250 g/mol. The lowest BCUT2D eigenvalue weighted by molar-refractivity contribution is -0.870. The number of hydrogen-bond acceptors (Lipinski definition) is 7. The summed E-state index contributed by atoms with van der Waals surface area (Å²) < 4.78 is 23.0. The number of likely N-dealkylation sites (N-methyl/N-ethyl adjacent to an activating group) is 1. The minimum atomic E-state index is -1.51. The van der Waals surface area contributed by atoms with Crippen molar-refractivity contribution in [3.63, 3.8) is 0 Å². The topological polar surface area (TPSA) is 108 Å². The molecule has 0 aliphatic rings. The molecule has 1 N–H and O–H groups in total. The second kappa shape index (κ2) is 70.6. The van der Waals surface area contributed by atoms with Crippen LogP contribution in [0.15, 0.2) is 72.9 Å². The lowest BCUT2D eigenvalue weighted by atomic mass is 10.0. The fourth-order valence-corrected chi connectivity index (χ4v) is 11.2. The van der Waals surface area contributed by atoms with Gasteiger partial charge in [-0.05, 0) is 64.2 Å². The summed E-state index contributed by atoms with van der Waals surface area (Å²) in [4.78, 5) is 37.7. The molecule has 0 radical (unpaired) electrons. The Morgan fingerprint density at radius 1 is 0.348 bits per heavy atom. The molecule has 0 aliphatic heterocycles. The highest BCUT2D eigenvalue weighted by Crippen LogP contribution is 2.19. The second-order valence-corrected chi connectivity index (χ2v) is 26.9. The monoisotopic (exact) mass is 1250 g/mol. The van der Waals surface area contributed by atoms with Crippen molar-refractivity contribution in [3.05, 3.63) is 72.9 Å². The molecule has 2 unspecified atom stereocenters. The zero-order chi connectivity index (χ0) is 64.7. The van der Waals surface area contributed by atoms with Crippen molar-refractivity contribution in [1.29, 1.82) is 0 Å². The zero-order valence-corrected chi connectivity index (χ0v) is 59.3. The van der Waals surface area contributed by atoms with Crippen LogP contribution in [0.1, 0.15) is 361 Å². The number of carboxylic acid groups (broad SMARTS) is 1. The number of carbonyl (C=O) groups excluding carboxylic acids is 2. The second-order valence-electron chi connectivity index (χ2n) is 26.9. The van der Waals surface area contributed by atoms with Gasteiger partial charge in [0.1, 0.15) is 13.2 Å². The van der Waals surface area contributed by atoms with Gasteiger partial charge in [-0.3, -0.25) is 9.59 Å². The van der Waals surface area contributed by atoms with Gasteiger partial charge >= 0.3 is 17.9 Å². The van der Waals surface area contributed by atoms with Crippen LogP contribution in [-0.2, 0) is 33.3 Å². The predicted molar refractivity (Wildman–Crippen MR) is 383 cm³/mol. The lowest BCUT2D eigenvalue weighted by Gasteiger charge is -2.25. The maximum absolute atomic E-state index is 13.0. The van der Waals surface area contributed by atoms with Crippen molar-refractivity contribution in [2.75, 3.05) is 47.5 Å². The molecule has 2 atom stereocenters. The SMILES string of the molecule is CC/C=C\C/C=C\C/C=C\C/C=C\C/C=C\C/C=C\CCCCCCCCCCCCCCCCCCC(=O)OC(COC(=O)CCCCCCCCCCCCCCCCCCCCCCCCCCCCCCC)COC(OCC[N+](C)(C)C)C(=O)O. The van der Waals surface area contributed by atoms with Gasteiger partial charge in [0.25, 0.3) is 6.29 Å². The van der Waals surface area contributed by atoms with Gasteiger partial charge < -0.3 is 28.5 Å². The summed E-state index contributed by atoms with van der Waals surface area (Å²) in [7, 11) is 5.99. The Morgan fingerprint density at radius 3 is 0.955 bits per heavy atom. The van der Waals surface area contributed by atoms with Gasteiger partial charge in [-0.1, -0.05) is 356 Å². The third-order valence-electron chi connectivity index (χ3n) is 17.0. The first-order valence-corrected chi connectivity index (χ1v) is 38.1. The highest BCUT2D eigenvalue weighted by Gasteiger charge is 2.25. The van der Waals surface area contributed by atoms with Crippen molar-refractivity contribution in [1.82, 2.24) is 0 Å². The van der Waals surface area contributed by atoms with Crippen LogP contribution in [0.3, 0.4) is 0 Å². The Bertz CT molecular complexity index is 1690. The van der Waals surface area contributed by atoms with Crippen LogP contribution in [-0.4, -0.2) is 87.4 Å². The standard InChI is InChI=1S/C80H145NO8/c1-6-8-10-12-14-16-18-20-22-24-26-28-30-32-34-36-37-38-39-40-41-43-45-47-49-51-53-55-57-59-61-63-65-67-69-71-78(83)89-76(75-88-80(79(84)85)86-73-72-81(3,4)5)74-87-77(82)70-68-66-64-62-60-58-56-54-52-50-48-46-44-42-35-33-31-29-27-25-23-21-19-17-15-13-11-9-7-2/h8,10,14,16,20,22,26,28,32,34,37-38,76,80H,6-7,9,11-13,15,17-19,21,23-25,27,29-31,33,35-36,39-75H2,1-5H3/p+1/b10-8-,16-14-,22-20-,28-26-,34-32-,38-37-. The van der Waals surface area contributed by atoms with E-state index in [4.69, 9.17) is 18.9 Å². The minimum Gasteiger partial charge on any atom is -0.477 e. The van der Waals surface area contributed by atoms with Crippen LogP contribution >= 0.6 is 0 Å². The third-order valence-corrected chi connectivity index (χ3v) is 17.0. The number of aliphatic carboxylic acids is 1. The first-order chi connectivity index (χ1) is 43.6. The Hall–Kier alpha value is -3.27. The maximum atomic E-state index is 13.0. The van der Waals surface area contributed by atoms with E-state index in [-0.39, 0.29) is 38.2 Å². The molecule has 0 aromatic carbocycles. The fourth-order valence-electron chi connectivity index (χ4n) is 11.2. The molecule has 0 aromatic heterocycles. The first kappa shape index (κ1) is 85.7. The third kappa shape index (κ3) is 72.0. The van der Waals surface area contributed by atoms with Crippen LogP contribution < -0.4 is 0 Å². The molecule has 518 valence electrons. The van der Waals surface area contributed by atoms with Crippen molar-refractivity contribution in [3.8, 4) is 0 Å². The lowest BCUT2D eigenvalue weighted by Crippen LogP contribution is -2.40. The van der Waals surface area contributed by atoms with E-state index in [2.05, 4.69) is 86.8 Å². The van der Waals surface area contributed by atoms with Crippen molar-refractivity contribution >= 4 is 17.9 Å². The van der Waals surface area contributed by atoms with E-state index in [1.165, 1.54) is 257 Å². The number of allylic oxidation sites excluding steroid dienone is 12. The molecule has 0 fully saturated rings. The Balaban J connectivity index is 4.03. The van der Waals surface area contributed by atoms with Crippen LogP contribution in [0.25, 0.3) is 0 Å². The van der Waals surface area contributed by atoms with Crippen LogP contribution in [0.2, 0.25) is 0 Å². The van der Waals surface area contributed by atoms with Crippen LogP contribution in [0, 0.1) is 0 Å². The largest absolute Gasteiger partial charge is 0.477 e. The molecule has 0 aromatic rings. The number of quaternary nitrogens is 1. The molecule has 0 heterocycles. The van der Waals surface area contributed by atoms with Gasteiger partial charge in [-0.15, -0.1) is 0 Å². The van der Waals surface area contributed by atoms with E-state index in [1.54, 1.807) is 0 Å². The Kier molecular flexibility index (Phi) is 68.0. The van der Waals surface area contributed by atoms with Gasteiger partial charge in [0.15, 0.2) is 6.10 Å². The highest BCUT2D eigenvalue weighted by molar-refractivity contribution is 5.71. The average Bonchev–Trinajstić information content (AvgIpc) is 3.64. The molecule has 0 saturated heterocycles. The molecule has 0 amide bonds. The number of esters is 2. The number of rotatable bonds is 71. The molecule has 9 heteroatoms. The molecule has 0 spiro atoms. The maximum Gasteiger partial charge on any atom is 0.361 e. The molecular formula is C80H146NO8+. The van der Waals surface area contributed by atoms with Gasteiger partial charge in [-0.25, -0.2) is 4.79 Å². The summed E-state index contributed by atoms with van der Waals surface area (Å²) in [5.74, 6) is -1.98. The zero-order valence-electron chi connectivity index (χ0n) is 59.3. The quantitative estimate of drug-likeness (QED) is 0.0211. The summed E-state index contributed by atoms with van der Waals surface area (Å²) in [6.45, 7) is 4.83. The van der Waals surface area contributed by atoms with Gasteiger partial charge in [-0.2, -0.15) is 0 Å². The normalized spacial score (nSPS) is 13.0. The van der Waals surface area contributed by atoms with E-state index < -0.39 is 18.4 Å². The number of nitrogens with zero attached hydrogens (tertiary/aromatic N) is 1. The number of carbonyl (C=O) groups is 3. The molecule has 9 nitrogen and oxygen atoms in total. The molecular weight excluding hydrogens is 1100 g/mol. The van der Waals surface area contributed by atoms with Crippen molar-refractivity contribution < 1.29 is 42.9 Å². The summed E-state index contributed by atoms with van der Waals surface area (Å²) in [6.07, 6.45) is 91.8. The van der Waals surface area contributed by atoms with E-state index in [0.717, 1.165) is 77.0 Å². The summed E-state index contributed by atoms with van der Waals surface area (Å²) in [6, 6.07) is 0. The number of hydrogen-bond donors (Lipinski definition) is 1. The van der Waals surface area contributed by atoms with Crippen LogP contribution in [0.4, 0.5) is 0 Å². The Morgan fingerprint density at radius 2 is 0.640 bits per heavy atom. The molecule has 0 aliphatic carbocycles. The van der Waals surface area contributed by atoms with Crippen molar-refractivity contribution in [2.45, 2.75) is 373 Å². The predicted octanol–water partition coefficient (Wildman–Crippen LogP) is 24.0. The summed E-state index contributed by atoms with van der Waals surface area (Å²) in [5, 5.41) is 9.76. The smallest absolute Gasteiger partial charge is 0.361 e. The molecule has 89 heavy (non-hydrogen) atoms. The Labute approximate surface area is 551 Å². The number of ether oxygens (including phenoxy) is 4. The summed E-state index contributed by atoms with van der Waals surface area (Å²) in [5.41, 5.74) is 0. The van der Waals surface area contributed by atoms with E-state index in [0.29, 0.717) is 17.4 Å². The first-order valence-electron chi connectivity index (χ1n) is 38.1. The molecule has 0 rings (SSSR count). The van der Waals surface area contributed by atoms with E-state index in [9.17, 15) is 19.5 Å². The van der Waals surface area contributed by atoms with E-state index in [1.807, 2.05) is 21.1 Å². The highest BCUT2D eigenvalue weighted by atomic mass is 16.7. The summed E-state index contributed by atoms with van der Waals surface area (Å²) >= 11 is 0. The van der Waals surface area contributed by atoms with Gasteiger partial charge in [0.05, 0.1) is 34.4 Å². The molecule has 0 bridgehead atoms. The fraction of sp³-hybridized carbons (Fsp3) is 0.812. The number of unbranched alkanes of at least 4 members (excludes halogenated alkanes) is 44. The number of carboxylic acids is 1. The van der Waals surface area contributed by atoms with E-state index >= 15 is 0 Å². The van der Waals surface area contributed by atoms with Crippen molar-refractivity contribution in [2.24, 2.45) is 0 Å².